The number of aliphatic carboxylic acids is 1. The van der Waals surface area contributed by atoms with Crippen LogP contribution in [-0.2, 0) is 23.8 Å². The molecule has 34 heavy (non-hydrogen) atoms. The number of amides is 2. The van der Waals surface area contributed by atoms with E-state index in [-0.39, 0.29) is 38.8 Å². The van der Waals surface area contributed by atoms with Crippen molar-refractivity contribution in [2.45, 2.75) is 24.5 Å². The number of ether oxygens (including phenoxy) is 3. The second-order valence-electron chi connectivity index (χ2n) is 8.62. The molecule has 1 fully saturated rings. The quantitative estimate of drug-likeness (QED) is 0.641. The van der Waals surface area contributed by atoms with Crippen LogP contribution in [0.3, 0.4) is 0 Å². The van der Waals surface area contributed by atoms with E-state index in [0.717, 1.165) is 22.3 Å². The van der Waals surface area contributed by atoms with Crippen molar-refractivity contribution in [1.29, 1.82) is 0 Å². The Morgan fingerprint density at radius 1 is 1.15 bits per heavy atom. The number of rotatable bonds is 7. The van der Waals surface area contributed by atoms with Crippen LogP contribution in [0.5, 0.6) is 0 Å². The van der Waals surface area contributed by atoms with Gasteiger partial charge in [-0.05, 0) is 29.2 Å². The van der Waals surface area contributed by atoms with E-state index in [1.165, 1.54) is 18.9 Å². The zero-order valence-corrected chi connectivity index (χ0v) is 19.2. The number of carbonyl (C=O) groups is 3. The first-order valence-electron chi connectivity index (χ1n) is 11.1. The lowest BCUT2D eigenvalue weighted by Gasteiger charge is -2.38. The first-order chi connectivity index (χ1) is 16.3. The predicted molar refractivity (Wildman–Crippen MR) is 122 cm³/mol. The number of nitrogens with one attached hydrogen (secondary N) is 1. The normalized spacial score (nSPS) is 20.2. The minimum Gasteiger partial charge on any atom is -0.479 e. The second-order valence-corrected chi connectivity index (χ2v) is 8.62. The zero-order chi connectivity index (χ0) is 24.3. The number of hydrogen-bond donors (Lipinski definition) is 2. The van der Waals surface area contributed by atoms with Gasteiger partial charge in [0.25, 0.3) is 0 Å². The lowest BCUT2D eigenvalue weighted by Crippen LogP contribution is -2.60. The first kappa shape index (κ1) is 23.7. The van der Waals surface area contributed by atoms with Crippen molar-refractivity contribution in [3.8, 4) is 11.1 Å². The van der Waals surface area contributed by atoms with Crippen molar-refractivity contribution in [2.24, 2.45) is 0 Å². The van der Waals surface area contributed by atoms with Crippen molar-refractivity contribution < 1.29 is 33.7 Å². The van der Waals surface area contributed by atoms with Gasteiger partial charge in [-0.25, -0.2) is 9.59 Å². The molecule has 9 nitrogen and oxygen atoms in total. The van der Waals surface area contributed by atoms with E-state index in [2.05, 4.69) is 17.4 Å². The summed E-state index contributed by atoms with van der Waals surface area (Å²) < 4.78 is 16.0. The zero-order valence-electron chi connectivity index (χ0n) is 19.2. The average Bonchev–Trinajstić information content (AvgIpc) is 3.16. The summed E-state index contributed by atoms with van der Waals surface area (Å²) in [5.41, 5.74) is 2.90. The van der Waals surface area contributed by atoms with E-state index in [4.69, 9.17) is 14.2 Å². The highest BCUT2D eigenvalue weighted by atomic mass is 16.6. The summed E-state index contributed by atoms with van der Waals surface area (Å²) in [4.78, 5) is 38.6. The van der Waals surface area contributed by atoms with Gasteiger partial charge in [0.2, 0.25) is 5.91 Å². The van der Waals surface area contributed by atoms with Gasteiger partial charge in [0.05, 0.1) is 19.8 Å². The maximum Gasteiger partial charge on any atom is 0.407 e. The second kappa shape index (κ2) is 9.82. The number of carboxylic acids is 1. The Bertz CT molecular complexity index is 1040. The Hall–Kier alpha value is -3.43. The number of benzene rings is 2. The van der Waals surface area contributed by atoms with Gasteiger partial charge in [0.1, 0.15) is 12.6 Å². The monoisotopic (exact) mass is 468 g/mol. The molecule has 1 saturated heterocycles. The van der Waals surface area contributed by atoms with Crippen LogP contribution in [0.15, 0.2) is 48.5 Å². The first-order valence-corrected chi connectivity index (χ1v) is 11.1. The molecule has 2 N–H and O–H groups in total. The molecule has 180 valence electrons. The molecule has 2 amide bonds. The molecule has 1 heterocycles. The summed E-state index contributed by atoms with van der Waals surface area (Å²) >= 11 is 0. The molecule has 9 heteroatoms. The Balaban J connectivity index is 1.41. The summed E-state index contributed by atoms with van der Waals surface area (Å²) in [7, 11) is 1.42. The minimum atomic E-state index is -1.50. The molecule has 0 radical (unpaired) electrons. The van der Waals surface area contributed by atoms with Crippen molar-refractivity contribution in [2.75, 3.05) is 40.0 Å². The van der Waals surface area contributed by atoms with E-state index in [0.29, 0.717) is 0 Å². The molecule has 2 aliphatic rings. The molecule has 1 unspecified atom stereocenters. The van der Waals surface area contributed by atoms with E-state index in [1.54, 1.807) is 0 Å². The molecule has 4 rings (SSSR count). The molecule has 1 aliphatic heterocycles. The van der Waals surface area contributed by atoms with Crippen LogP contribution in [-0.4, -0.2) is 79.6 Å². The van der Waals surface area contributed by atoms with Gasteiger partial charge in [-0.2, -0.15) is 0 Å². The van der Waals surface area contributed by atoms with Gasteiger partial charge in [0, 0.05) is 19.6 Å². The molecule has 0 bridgehead atoms. The molecular formula is C25H28N2O7. The number of alkyl carbamates (subject to hydrolysis) is 1. The minimum absolute atomic E-state index is 0.0792. The van der Waals surface area contributed by atoms with Crippen LogP contribution < -0.4 is 5.32 Å². The van der Waals surface area contributed by atoms with Crippen molar-refractivity contribution in [3.63, 3.8) is 0 Å². The van der Waals surface area contributed by atoms with Gasteiger partial charge >= 0.3 is 12.1 Å². The van der Waals surface area contributed by atoms with E-state index < -0.39 is 29.6 Å². The molecule has 0 saturated carbocycles. The highest BCUT2D eigenvalue weighted by molar-refractivity contribution is 5.87. The van der Waals surface area contributed by atoms with Gasteiger partial charge in [-0.3, -0.25) is 4.79 Å². The molecule has 2 aromatic rings. The fraction of sp³-hybridized carbons (Fsp3) is 0.400. The maximum absolute atomic E-state index is 13.0. The largest absolute Gasteiger partial charge is 0.479 e. The fourth-order valence-corrected chi connectivity index (χ4v) is 4.53. The number of nitrogens with zero attached hydrogens (tertiary/aromatic N) is 1. The molecule has 1 aliphatic carbocycles. The van der Waals surface area contributed by atoms with Crippen LogP contribution in [0.1, 0.15) is 24.0 Å². The topological polar surface area (TPSA) is 114 Å². The van der Waals surface area contributed by atoms with Crippen molar-refractivity contribution >= 4 is 18.0 Å². The number of carbonyl (C=O) groups excluding carboxylic acids is 2. The molecule has 2 aromatic carbocycles. The van der Waals surface area contributed by atoms with Crippen LogP contribution in [0.4, 0.5) is 4.79 Å². The summed E-state index contributed by atoms with van der Waals surface area (Å²) in [6.45, 7) is 1.62. The average molecular weight is 469 g/mol. The van der Waals surface area contributed by atoms with E-state index in [1.807, 2.05) is 36.4 Å². The number of methoxy groups -OCH3 is 1. The Kier molecular flexibility index (Phi) is 6.85. The Labute approximate surface area is 197 Å². The Morgan fingerprint density at radius 2 is 1.76 bits per heavy atom. The smallest absolute Gasteiger partial charge is 0.407 e. The molecule has 2 atom stereocenters. The SMILES string of the molecule is COC[C@H](NC(=O)OCC1c2ccccc2-c2ccccc21)C(=O)N1CCOC(C)(C(=O)O)C1. The number of carboxylic acid groups (broad SMARTS) is 1. The van der Waals surface area contributed by atoms with Crippen LogP contribution >= 0.6 is 0 Å². The lowest BCUT2D eigenvalue weighted by atomic mass is 9.98. The van der Waals surface area contributed by atoms with E-state index >= 15 is 0 Å². The maximum atomic E-state index is 13.0. The summed E-state index contributed by atoms with van der Waals surface area (Å²) in [5, 5.41) is 12.0. The van der Waals surface area contributed by atoms with Crippen molar-refractivity contribution in [3.05, 3.63) is 59.7 Å². The van der Waals surface area contributed by atoms with Gasteiger partial charge in [-0.1, -0.05) is 48.5 Å². The molecule has 0 aromatic heterocycles. The molecule has 0 spiro atoms. The number of hydrogen-bond acceptors (Lipinski definition) is 6. The van der Waals surface area contributed by atoms with Crippen LogP contribution in [0.2, 0.25) is 0 Å². The summed E-state index contributed by atoms with van der Waals surface area (Å²) in [6.07, 6.45) is -0.744. The lowest BCUT2D eigenvalue weighted by molar-refractivity contribution is -0.177. The number of fused-ring (bicyclic) bond motifs is 3. The standard InChI is InChI=1S/C25H28N2O7/c1-25(23(29)30)15-27(11-12-34-25)22(28)21(14-32-2)26-24(31)33-13-20-18-9-5-3-7-16(18)17-8-4-6-10-19(17)20/h3-10,20-21H,11-15H2,1-2H3,(H,26,31)(H,29,30)/t21-,25?/m0/s1. The van der Waals surface area contributed by atoms with E-state index in [9.17, 15) is 19.5 Å². The van der Waals surface area contributed by atoms with Crippen LogP contribution in [0.25, 0.3) is 11.1 Å². The third-order valence-electron chi connectivity index (χ3n) is 6.31. The summed E-state index contributed by atoms with van der Waals surface area (Å²) in [6, 6.07) is 15.0. The fourth-order valence-electron chi connectivity index (χ4n) is 4.53. The third kappa shape index (κ3) is 4.62. The third-order valence-corrected chi connectivity index (χ3v) is 6.31. The van der Waals surface area contributed by atoms with Crippen LogP contribution in [0, 0.1) is 0 Å². The van der Waals surface area contributed by atoms with Gasteiger partial charge < -0.3 is 29.5 Å². The van der Waals surface area contributed by atoms with Gasteiger partial charge in [-0.15, -0.1) is 0 Å². The Morgan fingerprint density at radius 3 is 2.35 bits per heavy atom. The predicted octanol–water partition coefficient (Wildman–Crippen LogP) is 2.24. The molecular weight excluding hydrogens is 440 g/mol. The highest BCUT2D eigenvalue weighted by Crippen LogP contribution is 2.44. The van der Waals surface area contributed by atoms with Crippen molar-refractivity contribution in [1.82, 2.24) is 10.2 Å². The number of morpholine rings is 1. The highest BCUT2D eigenvalue weighted by Gasteiger charge is 2.42. The van der Waals surface area contributed by atoms with Gasteiger partial charge in [0.15, 0.2) is 5.60 Å². The summed E-state index contributed by atoms with van der Waals surface area (Å²) in [5.74, 6) is -1.71.